The fraction of sp³-hybridized carbons (Fsp3) is 0.333. The van der Waals surface area contributed by atoms with E-state index in [9.17, 15) is 22.4 Å². The maximum atomic E-state index is 12.7. The molecule has 1 aliphatic carbocycles. The summed E-state index contributed by atoms with van der Waals surface area (Å²) in [5.41, 5.74) is 3.63. The summed E-state index contributed by atoms with van der Waals surface area (Å²) >= 11 is 0. The van der Waals surface area contributed by atoms with E-state index in [0.717, 1.165) is 18.9 Å². The number of aryl methyl sites for hydroxylation is 2. The number of rotatable bonds is 4. The normalized spacial score (nSPS) is 16.1. The molecule has 154 valence electrons. The molecule has 0 radical (unpaired) electrons. The lowest BCUT2D eigenvalue weighted by Crippen LogP contribution is -2.19. The summed E-state index contributed by atoms with van der Waals surface area (Å²) in [5, 5.41) is 0. The standard InChI is InChI=1S/C15H18O3.C6H4FNO2S/c1-10(8-14(16)18-2)15(17)13-7-6-11-4-3-5-12(11)9-13;7-5-3-4-1-2-6(5)11(9,10)8-4/h6-7,9-10H,3-5,8H2,1-2H3;1-3,8H. The third-order valence-corrected chi connectivity index (χ3v) is 6.42. The molecule has 2 aromatic carbocycles. The van der Waals surface area contributed by atoms with E-state index < -0.39 is 15.8 Å². The maximum Gasteiger partial charge on any atom is 0.306 e. The maximum absolute atomic E-state index is 12.7. The van der Waals surface area contributed by atoms with Gasteiger partial charge in [0.2, 0.25) is 0 Å². The largest absolute Gasteiger partial charge is 0.469 e. The molecule has 1 unspecified atom stereocenters. The molecule has 0 spiro atoms. The third-order valence-electron chi connectivity index (χ3n) is 5.00. The molecule has 8 heteroatoms. The Labute approximate surface area is 169 Å². The van der Waals surface area contributed by atoms with Crippen LogP contribution in [0.5, 0.6) is 0 Å². The molecular weight excluding hydrogens is 397 g/mol. The molecule has 2 bridgehead atoms. The first kappa shape index (κ1) is 21.0. The van der Waals surface area contributed by atoms with Crippen molar-refractivity contribution in [2.45, 2.75) is 37.5 Å². The van der Waals surface area contributed by atoms with Crippen molar-refractivity contribution < 1.29 is 27.1 Å². The minimum Gasteiger partial charge on any atom is -0.469 e. The minimum absolute atomic E-state index is 0.0232. The second-order valence-corrected chi connectivity index (χ2v) is 8.78. The molecule has 2 aromatic rings. The van der Waals surface area contributed by atoms with E-state index in [-0.39, 0.29) is 34.7 Å². The Balaban J connectivity index is 0.000000186. The van der Waals surface area contributed by atoms with Crippen molar-refractivity contribution in [1.82, 2.24) is 0 Å². The number of esters is 1. The monoisotopic (exact) mass is 419 g/mol. The van der Waals surface area contributed by atoms with Gasteiger partial charge in [-0.1, -0.05) is 19.1 Å². The average Bonchev–Trinajstić information content (AvgIpc) is 3.14. The van der Waals surface area contributed by atoms with Crippen LogP contribution in [0.1, 0.15) is 41.3 Å². The average molecular weight is 419 g/mol. The van der Waals surface area contributed by atoms with Gasteiger partial charge in [-0.15, -0.1) is 0 Å². The van der Waals surface area contributed by atoms with Crippen LogP contribution in [-0.2, 0) is 32.4 Å². The molecule has 1 N–H and O–H groups in total. The highest BCUT2D eigenvalue weighted by atomic mass is 32.2. The Morgan fingerprint density at radius 2 is 1.86 bits per heavy atom. The van der Waals surface area contributed by atoms with Gasteiger partial charge in [0, 0.05) is 11.5 Å². The predicted octanol–water partition coefficient (Wildman–Crippen LogP) is 3.50. The van der Waals surface area contributed by atoms with E-state index in [1.165, 1.54) is 36.8 Å². The van der Waals surface area contributed by atoms with Crippen molar-refractivity contribution in [3.8, 4) is 0 Å². The number of hydrogen-bond donors (Lipinski definition) is 1. The lowest BCUT2D eigenvalue weighted by molar-refractivity contribution is -0.141. The molecule has 3 aliphatic rings. The number of carbonyl (C=O) groups excluding carboxylic acids is 2. The van der Waals surface area contributed by atoms with Crippen molar-refractivity contribution in [1.29, 1.82) is 0 Å². The van der Waals surface area contributed by atoms with Crippen LogP contribution in [0.2, 0.25) is 0 Å². The zero-order valence-corrected chi connectivity index (χ0v) is 17.0. The van der Waals surface area contributed by atoms with Gasteiger partial charge >= 0.3 is 5.97 Å². The van der Waals surface area contributed by atoms with Crippen molar-refractivity contribution in [3.05, 3.63) is 58.9 Å². The van der Waals surface area contributed by atoms with Gasteiger partial charge in [0.25, 0.3) is 10.0 Å². The highest BCUT2D eigenvalue weighted by molar-refractivity contribution is 7.92. The molecular formula is C21H22FNO5S. The summed E-state index contributed by atoms with van der Waals surface area (Å²) in [6.07, 6.45) is 3.49. The predicted molar refractivity (Wildman–Crippen MR) is 106 cm³/mol. The number of fused-ring (bicyclic) bond motifs is 4. The van der Waals surface area contributed by atoms with Crippen LogP contribution in [0.25, 0.3) is 0 Å². The third kappa shape index (κ3) is 4.64. The van der Waals surface area contributed by atoms with Gasteiger partial charge in [-0.3, -0.25) is 14.3 Å². The van der Waals surface area contributed by atoms with Crippen LogP contribution < -0.4 is 4.72 Å². The van der Waals surface area contributed by atoms with Crippen molar-refractivity contribution >= 4 is 27.5 Å². The fourth-order valence-corrected chi connectivity index (χ4v) is 4.54. The first-order valence-corrected chi connectivity index (χ1v) is 10.7. The van der Waals surface area contributed by atoms with Crippen molar-refractivity contribution in [3.63, 3.8) is 0 Å². The quantitative estimate of drug-likeness (QED) is 0.605. The van der Waals surface area contributed by atoms with Crippen molar-refractivity contribution in [2.24, 2.45) is 5.92 Å². The SMILES string of the molecule is COC(=O)CC(C)C(=O)c1ccc2c(c1)CCC2.O=S1(=O)Nc2ccc1c(F)c2. The van der Waals surface area contributed by atoms with E-state index in [1.54, 1.807) is 6.92 Å². The first-order valence-electron chi connectivity index (χ1n) is 9.26. The van der Waals surface area contributed by atoms with Crippen LogP contribution in [0.4, 0.5) is 10.1 Å². The summed E-state index contributed by atoms with van der Waals surface area (Å²) in [7, 11) is -2.23. The lowest BCUT2D eigenvalue weighted by atomic mass is 9.94. The summed E-state index contributed by atoms with van der Waals surface area (Å²) in [4.78, 5) is 23.1. The van der Waals surface area contributed by atoms with Gasteiger partial charge in [-0.2, -0.15) is 0 Å². The zero-order chi connectivity index (χ0) is 21.2. The molecule has 0 saturated carbocycles. The second-order valence-electron chi connectivity index (χ2n) is 7.13. The Morgan fingerprint density at radius 3 is 2.45 bits per heavy atom. The Hall–Kier alpha value is -2.74. The number of nitrogens with one attached hydrogen (secondary N) is 1. The molecule has 29 heavy (non-hydrogen) atoms. The highest BCUT2D eigenvalue weighted by Crippen LogP contribution is 2.27. The van der Waals surface area contributed by atoms with Gasteiger partial charge in [-0.05, 0) is 54.7 Å². The first-order chi connectivity index (χ1) is 13.7. The van der Waals surface area contributed by atoms with Crippen LogP contribution in [-0.4, -0.2) is 27.3 Å². The number of Topliss-reactive ketones (excluding diaryl/α,β-unsaturated/α-hetero) is 1. The topological polar surface area (TPSA) is 89.5 Å². The van der Waals surface area contributed by atoms with Gasteiger partial charge < -0.3 is 4.74 Å². The molecule has 0 aromatic heterocycles. The number of methoxy groups -OCH3 is 1. The number of sulfonamides is 1. The smallest absolute Gasteiger partial charge is 0.306 e. The molecule has 2 heterocycles. The molecule has 5 rings (SSSR count). The van der Waals surface area contributed by atoms with Crippen LogP contribution in [0.15, 0.2) is 41.3 Å². The van der Waals surface area contributed by atoms with Crippen LogP contribution in [0, 0.1) is 11.7 Å². The molecule has 0 fully saturated rings. The molecule has 0 saturated heterocycles. The molecule has 6 nitrogen and oxygen atoms in total. The fourth-order valence-electron chi connectivity index (χ4n) is 3.43. The van der Waals surface area contributed by atoms with Crippen LogP contribution >= 0.6 is 0 Å². The van der Waals surface area contributed by atoms with Gasteiger partial charge in [-0.25, -0.2) is 12.8 Å². The second kappa shape index (κ2) is 8.32. The van der Waals surface area contributed by atoms with E-state index >= 15 is 0 Å². The van der Waals surface area contributed by atoms with E-state index in [1.807, 2.05) is 18.2 Å². The van der Waals surface area contributed by atoms with E-state index in [2.05, 4.69) is 9.46 Å². The Bertz CT molecular complexity index is 1060. The lowest BCUT2D eigenvalue weighted by Gasteiger charge is -2.15. The van der Waals surface area contributed by atoms with Gasteiger partial charge in [0.05, 0.1) is 19.2 Å². The van der Waals surface area contributed by atoms with Crippen LogP contribution in [0.3, 0.4) is 0 Å². The highest BCUT2D eigenvalue weighted by Gasteiger charge is 2.24. The number of anilines is 1. The molecule has 2 aliphatic heterocycles. The minimum atomic E-state index is -3.57. The number of benzene rings is 2. The number of ether oxygens (including phenoxy) is 1. The summed E-state index contributed by atoms with van der Waals surface area (Å²) in [5.74, 6) is -1.33. The number of ketones is 1. The van der Waals surface area contributed by atoms with E-state index in [4.69, 9.17) is 0 Å². The number of carbonyl (C=O) groups is 2. The zero-order valence-electron chi connectivity index (χ0n) is 16.2. The van der Waals surface area contributed by atoms with Gasteiger partial charge in [0.1, 0.15) is 10.7 Å². The van der Waals surface area contributed by atoms with E-state index in [0.29, 0.717) is 5.56 Å². The molecule has 1 atom stereocenters. The summed E-state index contributed by atoms with van der Waals surface area (Å²) in [6.45, 7) is 1.77. The number of hydrogen-bond acceptors (Lipinski definition) is 5. The summed E-state index contributed by atoms with van der Waals surface area (Å²) in [6, 6.07) is 9.81. The Morgan fingerprint density at radius 1 is 1.14 bits per heavy atom. The number of halogens is 1. The molecule has 0 amide bonds. The Kier molecular flexibility index (Phi) is 6.02. The van der Waals surface area contributed by atoms with Crippen molar-refractivity contribution in [2.75, 3.05) is 11.8 Å². The van der Waals surface area contributed by atoms with Gasteiger partial charge in [0.15, 0.2) is 5.78 Å². The summed E-state index contributed by atoms with van der Waals surface area (Å²) < 4.78 is 41.4.